The minimum atomic E-state index is 0.377. The van der Waals surface area contributed by atoms with Gasteiger partial charge < -0.3 is 14.2 Å². The summed E-state index contributed by atoms with van der Waals surface area (Å²) in [6, 6.07) is 28.1. The Morgan fingerprint density at radius 2 is 1.17 bits per heavy atom. The molecule has 54 heavy (non-hydrogen) atoms. The van der Waals surface area contributed by atoms with Gasteiger partial charge in [-0.2, -0.15) is 9.13 Å². The Labute approximate surface area is 326 Å². The number of ether oxygens (including phenoxy) is 3. The molecule has 1 heterocycles. The molecule has 0 N–H and O–H groups in total. The van der Waals surface area contributed by atoms with Gasteiger partial charge in [-0.3, -0.25) is 0 Å². The number of para-hydroxylation sites is 2. The number of imidazole rings is 1. The van der Waals surface area contributed by atoms with E-state index in [4.69, 9.17) is 14.2 Å². The fourth-order valence-electron chi connectivity index (χ4n) is 7.41. The first-order valence-electron chi connectivity index (χ1n) is 20.5. The van der Waals surface area contributed by atoms with Crippen molar-refractivity contribution in [2.45, 2.75) is 132 Å². The fourth-order valence-corrected chi connectivity index (χ4v) is 7.41. The van der Waals surface area contributed by atoms with Gasteiger partial charge in [-0.15, -0.1) is 0 Å². The van der Waals surface area contributed by atoms with Crippen molar-refractivity contribution in [2.75, 3.05) is 13.2 Å². The van der Waals surface area contributed by atoms with Gasteiger partial charge in [-0.25, -0.2) is 0 Å². The SMILES string of the molecule is CCc1cc(OCc2ccccc2)cc(C)c1OCCCCCCOc1c[n+](-c2c(C(C)C)cccc2C(C)C)cn1-c1c(C(C)C)cccc1C(C)C. The molecule has 5 nitrogen and oxygen atoms in total. The maximum absolute atomic E-state index is 6.74. The Morgan fingerprint density at radius 1 is 0.611 bits per heavy atom. The fraction of sp³-hybridized carbons (Fsp3) is 0.449. The molecule has 0 atom stereocenters. The predicted molar refractivity (Wildman–Crippen MR) is 224 cm³/mol. The van der Waals surface area contributed by atoms with E-state index in [0.717, 1.165) is 55.0 Å². The summed E-state index contributed by atoms with van der Waals surface area (Å²) in [5.74, 6) is 4.34. The van der Waals surface area contributed by atoms with E-state index in [-0.39, 0.29) is 0 Å². The summed E-state index contributed by atoms with van der Waals surface area (Å²) in [5, 5.41) is 0. The second kappa shape index (κ2) is 19.2. The Morgan fingerprint density at radius 3 is 1.72 bits per heavy atom. The van der Waals surface area contributed by atoms with Gasteiger partial charge in [-0.1, -0.05) is 129 Å². The van der Waals surface area contributed by atoms with E-state index in [1.807, 2.05) is 18.2 Å². The third-order valence-electron chi connectivity index (χ3n) is 10.4. The van der Waals surface area contributed by atoms with E-state index in [1.54, 1.807) is 0 Å². The molecule has 5 aromatic rings. The average molecular weight is 730 g/mol. The molecule has 0 fully saturated rings. The third-order valence-corrected chi connectivity index (χ3v) is 10.4. The number of rotatable bonds is 19. The van der Waals surface area contributed by atoms with Crippen LogP contribution in [-0.4, -0.2) is 17.8 Å². The number of benzene rings is 4. The van der Waals surface area contributed by atoms with E-state index in [2.05, 4.69) is 152 Å². The normalized spacial score (nSPS) is 11.7. The molecular formula is C49H65N2O3+. The van der Waals surface area contributed by atoms with E-state index >= 15 is 0 Å². The minimum Gasteiger partial charge on any atom is -0.493 e. The Bertz CT molecular complexity index is 1880. The first-order valence-corrected chi connectivity index (χ1v) is 20.5. The lowest BCUT2D eigenvalue weighted by atomic mass is 9.92. The summed E-state index contributed by atoms with van der Waals surface area (Å²) in [4.78, 5) is 0. The summed E-state index contributed by atoms with van der Waals surface area (Å²) < 4.78 is 23.9. The lowest BCUT2D eigenvalue weighted by Crippen LogP contribution is -2.32. The van der Waals surface area contributed by atoms with Crippen LogP contribution in [0.25, 0.3) is 11.4 Å². The molecule has 0 unspecified atom stereocenters. The van der Waals surface area contributed by atoms with Gasteiger partial charge in [0.2, 0.25) is 0 Å². The summed E-state index contributed by atoms with van der Waals surface area (Å²) >= 11 is 0. The third kappa shape index (κ3) is 9.96. The largest absolute Gasteiger partial charge is 0.493 e. The van der Waals surface area contributed by atoms with Crippen LogP contribution in [0, 0.1) is 6.92 Å². The summed E-state index contributed by atoms with van der Waals surface area (Å²) in [6.07, 6.45) is 9.56. The smallest absolute Gasteiger partial charge is 0.330 e. The van der Waals surface area contributed by atoms with E-state index in [0.29, 0.717) is 43.5 Å². The zero-order chi connectivity index (χ0) is 38.8. The standard InChI is InChI=1S/C49H65N2O3/c1-11-40-30-41(54-32-39-21-15-14-16-22-39)29-38(10)49(40)53-28-18-13-12-17-27-52-46-31-50(47-42(34(2)3)23-19-24-43(47)35(4)5)33-51(46)48-44(36(6)7)25-20-26-45(48)37(8)9/h14-16,19-26,29-31,33-37H,11-13,17-18,27-28,32H2,1-10H3/q+1. The molecule has 0 saturated carbocycles. The molecule has 288 valence electrons. The average Bonchev–Trinajstić information content (AvgIpc) is 3.58. The highest BCUT2D eigenvalue weighted by Gasteiger charge is 2.28. The molecule has 4 aromatic carbocycles. The van der Waals surface area contributed by atoms with Crippen molar-refractivity contribution in [3.8, 4) is 28.8 Å². The molecule has 0 spiro atoms. The topological polar surface area (TPSA) is 36.5 Å². The van der Waals surface area contributed by atoms with E-state index < -0.39 is 0 Å². The predicted octanol–water partition coefficient (Wildman–Crippen LogP) is 12.7. The molecule has 0 aliphatic rings. The molecule has 5 rings (SSSR count). The number of unbranched alkanes of at least 4 members (excludes halogenated alkanes) is 3. The van der Waals surface area contributed by atoms with Crippen LogP contribution in [0.2, 0.25) is 0 Å². The molecule has 5 heteroatoms. The van der Waals surface area contributed by atoms with Crippen LogP contribution in [-0.2, 0) is 13.0 Å². The summed E-state index contributed by atoms with van der Waals surface area (Å²) in [5.41, 5.74) is 11.4. The zero-order valence-electron chi connectivity index (χ0n) is 34.7. The lowest BCUT2D eigenvalue weighted by Gasteiger charge is -2.18. The van der Waals surface area contributed by atoms with Crippen molar-refractivity contribution in [1.82, 2.24) is 4.57 Å². The van der Waals surface area contributed by atoms with Crippen LogP contribution in [0.3, 0.4) is 0 Å². The summed E-state index contributed by atoms with van der Waals surface area (Å²) in [6.45, 7) is 24.5. The zero-order valence-corrected chi connectivity index (χ0v) is 34.7. The molecule has 0 radical (unpaired) electrons. The van der Waals surface area contributed by atoms with Crippen molar-refractivity contribution in [2.24, 2.45) is 0 Å². The minimum absolute atomic E-state index is 0.377. The van der Waals surface area contributed by atoms with Crippen LogP contribution in [0.15, 0.2) is 91.4 Å². The number of nitrogens with zero attached hydrogens (tertiary/aromatic N) is 2. The highest BCUT2D eigenvalue weighted by atomic mass is 16.5. The van der Waals surface area contributed by atoms with Gasteiger partial charge in [0, 0.05) is 22.3 Å². The van der Waals surface area contributed by atoms with Crippen molar-refractivity contribution < 1.29 is 18.8 Å². The van der Waals surface area contributed by atoms with Crippen molar-refractivity contribution >= 4 is 0 Å². The number of aryl methyl sites for hydroxylation is 2. The van der Waals surface area contributed by atoms with Gasteiger partial charge in [0.05, 0.1) is 13.2 Å². The molecule has 0 aliphatic carbocycles. The van der Waals surface area contributed by atoms with Crippen molar-refractivity contribution in [3.05, 3.63) is 130 Å². The van der Waals surface area contributed by atoms with Crippen LogP contribution in [0.5, 0.6) is 17.4 Å². The maximum atomic E-state index is 6.74. The quantitative estimate of drug-likeness (QED) is 0.0627. The van der Waals surface area contributed by atoms with E-state index in [1.165, 1.54) is 44.8 Å². The monoisotopic (exact) mass is 729 g/mol. The lowest BCUT2D eigenvalue weighted by molar-refractivity contribution is -0.596. The molecule has 1 aromatic heterocycles. The van der Waals surface area contributed by atoms with Gasteiger partial charge >= 0.3 is 5.88 Å². The summed E-state index contributed by atoms with van der Waals surface area (Å²) in [7, 11) is 0. The molecule has 0 aliphatic heterocycles. The van der Waals surface area contributed by atoms with Crippen molar-refractivity contribution in [1.29, 1.82) is 0 Å². The Balaban J connectivity index is 1.26. The van der Waals surface area contributed by atoms with Crippen LogP contribution < -0.4 is 18.8 Å². The Kier molecular flexibility index (Phi) is 14.5. The number of hydrogen-bond acceptors (Lipinski definition) is 3. The molecule has 0 saturated heterocycles. The second-order valence-electron chi connectivity index (χ2n) is 16.0. The van der Waals surface area contributed by atoms with Gasteiger partial charge in [0.15, 0.2) is 6.20 Å². The molecule has 0 bridgehead atoms. The first-order chi connectivity index (χ1) is 26.0. The van der Waals surface area contributed by atoms with Crippen LogP contribution in [0.4, 0.5) is 0 Å². The maximum Gasteiger partial charge on any atom is 0.330 e. The van der Waals surface area contributed by atoms with E-state index in [9.17, 15) is 0 Å². The molecular weight excluding hydrogens is 665 g/mol. The number of hydrogen-bond donors (Lipinski definition) is 0. The van der Waals surface area contributed by atoms with Crippen molar-refractivity contribution in [3.63, 3.8) is 0 Å². The Hall–Kier alpha value is -4.51. The van der Waals surface area contributed by atoms with Crippen LogP contribution in [0.1, 0.15) is 151 Å². The molecule has 0 amide bonds. The van der Waals surface area contributed by atoms with Gasteiger partial charge in [0.1, 0.15) is 29.5 Å². The first kappa shape index (κ1) is 40.7. The second-order valence-corrected chi connectivity index (χ2v) is 16.0. The number of aromatic nitrogens is 2. The highest BCUT2D eigenvalue weighted by molar-refractivity contribution is 5.53. The van der Waals surface area contributed by atoms with Gasteiger partial charge in [0.25, 0.3) is 6.33 Å². The van der Waals surface area contributed by atoms with Gasteiger partial charge in [-0.05, 0) is 91.5 Å². The van der Waals surface area contributed by atoms with Crippen LogP contribution >= 0.6 is 0 Å². The highest BCUT2D eigenvalue weighted by Crippen LogP contribution is 2.35.